The molecule has 0 aromatic rings. The van der Waals surface area contributed by atoms with Crippen molar-refractivity contribution in [2.45, 2.75) is 51.1 Å². The fourth-order valence-electron chi connectivity index (χ4n) is 3.91. The summed E-state index contributed by atoms with van der Waals surface area (Å²) in [6.07, 6.45) is 2.88. The van der Waals surface area contributed by atoms with E-state index in [4.69, 9.17) is 0 Å². The number of nitrogens with zero attached hydrogens (tertiary/aromatic N) is 3. The Balaban J connectivity index is 1.72. The average Bonchev–Trinajstić information content (AvgIpc) is 2.65. The summed E-state index contributed by atoms with van der Waals surface area (Å²) in [5.41, 5.74) is -5.23. The van der Waals surface area contributed by atoms with Crippen LogP contribution >= 0.6 is 0 Å². The van der Waals surface area contributed by atoms with Crippen molar-refractivity contribution in [1.82, 2.24) is 19.8 Å². The lowest BCUT2D eigenvalue weighted by molar-refractivity contribution is -0.0496. The van der Waals surface area contributed by atoms with Gasteiger partial charge in [-0.2, -0.15) is 17.5 Å². The van der Waals surface area contributed by atoms with Crippen molar-refractivity contribution < 1.29 is 21.6 Å². The third-order valence-electron chi connectivity index (χ3n) is 5.54. The van der Waals surface area contributed by atoms with E-state index in [1.165, 1.54) is 0 Å². The number of sulfonamides is 1. The minimum absolute atomic E-state index is 0.103. The molecule has 2 saturated heterocycles. The van der Waals surface area contributed by atoms with Crippen LogP contribution in [0.15, 0.2) is 4.99 Å². The van der Waals surface area contributed by atoms with E-state index in [0.29, 0.717) is 41.6 Å². The van der Waals surface area contributed by atoms with Crippen LogP contribution in [0.25, 0.3) is 0 Å². The summed E-state index contributed by atoms with van der Waals surface area (Å²) >= 11 is 0. The van der Waals surface area contributed by atoms with Gasteiger partial charge in [-0.1, -0.05) is 13.8 Å². The summed E-state index contributed by atoms with van der Waals surface area (Å²) in [4.78, 5) is 6.72. The molecule has 0 saturated carbocycles. The summed E-state index contributed by atoms with van der Waals surface area (Å²) in [5, 5.41) is 6.68. The van der Waals surface area contributed by atoms with Crippen LogP contribution in [0.5, 0.6) is 0 Å². The molecule has 0 spiro atoms. The number of hydrogen-bond acceptors (Lipinski definition) is 4. The Kier molecular flexibility index (Phi) is 8.59. The first kappa shape index (κ1) is 24.2. The maximum absolute atomic E-state index is 12.7. The zero-order chi connectivity index (χ0) is 21.7. The minimum Gasteiger partial charge on any atom is -0.356 e. The third-order valence-corrected chi connectivity index (χ3v) is 7.17. The van der Waals surface area contributed by atoms with E-state index in [1.54, 1.807) is 7.05 Å². The highest BCUT2D eigenvalue weighted by atomic mass is 32.2. The van der Waals surface area contributed by atoms with Gasteiger partial charge in [0.05, 0.1) is 0 Å². The van der Waals surface area contributed by atoms with Crippen LogP contribution in [0.2, 0.25) is 0 Å². The molecule has 0 atom stereocenters. The Morgan fingerprint density at radius 1 is 1.10 bits per heavy atom. The van der Waals surface area contributed by atoms with Crippen LogP contribution in [0.3, 0.4) is 0 Å². The van der Waals surface area contributed by atoms with Crippen molar-refractivity contribution in [2.24, 2.45) is 16.8 Å². The molecule has 2 aliphatic heterocycles. The Morgan fingerprint density at radius 3 is 2.17 bits per heavy atom. The highest BCUT2D eigenvalue weighted by Gasteiger charge is 2.50. The van der Waals surface area contributed by atoms with Crippen molar-refractivity contribution in [2.75, 3.05) is 46.3 Å². The van der Waals surface area contributed by atoms with Crippen molar-refractivity contribution in [3.05, 3.63) is 0 Å². The van der Waals surface area contributed by atoms with Crippen molar-refractivity contribution in [3.63, 3.8) is 0 Å². The molecule has 0 aromatic carbocycles. The van der Waals surface area contributed by atoms with Gasteiger partial charge >= 0.3 is 15.5 Å². The first-order chi connectivity index (χ1) is 13.5. The first-order valence-corrected chi connectivity index (χ1v) is 11.7. The number of guanidine groups is 1. The van der Waals surface area contributed by atoms with Crippen molar-refractivity contribution in [3.8, 4) is 0 Å². The molecule has 2 rings (SSSR count). The van der Waals surface area contributed by atoms with Gasteiger partial charge in [-0.05, 0) is 37.5 Å². The number of halogens is 3. The molecule has 0 unspecified atom stereocenters. The first-order valence-electron chi connectivity index (χ1n) is 10.3. The van der Waals surface area contributed by atoms with Gasteiger partial charge in [0, 0.05) is 52.4 Å². The van der Waals surface area contributed by atoms with E-state index in [1.807, 2.05) is 0 Å². The maximum Gasteiger partial charge on any atom is 0.511 e. The molecule has 170 valence electrons. The molecule has 2 fully saturated rings. The number of aliphatic imine (C=N–C) groups is 1. The summed E-state index contributed by atoms with van der Waals surface area (Å²) < 4.78 is 61.5. The van der Waals surface area contributed by atoms with Gasteiger partial charge in [0.1, 0.15) is 0 Å². The molecule has 7 nitrogen and oxygen atoms in total. The van der Waals surface area contributed by atoms with Gasteiger partial charge in [-0.3, -0.25) is 4.99 Å². The van der Waals surface area contributed by atoms with Crippen LogP contribution in [0, 0.1) is 11.8 Å². The van der Waals surface area contributed by atoms with Crippen LogP contribution < -0.4 is 10.6 Å². The van der Waals surface area contributed by atoms with Gasteiger partial charge in [-0.25, -0.2) is 8.42 Å². The third kappa shape index (κ3) is 6.99. The monoisotopic (exact) mass is 441 g/mol. The fourth-order valence-corrected chi connectivity index (χ4v) is 4.89. The Labute approximate surface area is 172 Å². The summed E-state index contributed by atoms with van der Waals surface area (Å²) in [6, 6.07) is 0.350. The van der Waals surface area contributed by atoms with E-state index in [0.717, 1.165) is 32.5 Å². The number of piperidine rings is 2. The molecule has 2 aliphatic rings. The highest BCUT2D eigenvalue weighted by molar-refractivity contribution is 7.90. The molecule has 2 heterocycles. The molecule has 0 bridgehead atoms. The topological polar surface area (TPSA) is 77.0 Å². The Hall–Kier alpha value is -1.07. The van der Waals surface area contributed by atoms with Crippen LogP contribution in [0.1, 0.15) is 39.5 Å². The summed E-state index contributed by atoms with van der Waals surface area (Å²) in [5.74, 6) is 1.46. The molecular formula is C18H34F3N5O2S. The Morgan fingerprint density at radius 2 is 1.69 bits per heavy atom. The van der Waals surface area contributed by atoms with E-state index in [9.17, 15) is 21.6 Å². The molecule has 0 radical (unpaired) electrons. The standard InChI is InChI=1S/C18H34F3N5O2S/c1-14(2)13-25-8-6-16(7-9-25)24-17(22-3)23-12-15-4-10-26(11-5-15)29(27,28)18(19,20)21/h14-16H,4-13H2,1-3H3,(H2,22,23,24). The van der Waals surface area contributed by atoms with Crippen molar-refractivity contribution >= 4 is 16.0 Å². The quantitative estimate of drug-likeness (QED) is 0.486. The second kappa shape index (κ2) is 10.3. The highest BCUT2D eigenvalue weighted by Crippen LogP contribution is 2.30. The minimum atomic E-state index is -5.23. The lowest BCUT2D eigenvalue weighted by atomic mass is 9.98. The van der Waals surface area contributed by atoms with E-state index in [-0.39, 0.29) is 19.0 Å². The molecule has 29 heavy (non-hydrogen) atoms. The SMILES string of the molecule is CN=C(NCC1CCN(S(=O)(=O)C(F)(F)F)CC1)NC1CCN(CC(C)C)CC1. The van der Waals surface area contributed by atoms with Gasteiger partial charge in [0.25, 0.3) is 0 Å². The molecule has 0 amide bonds. The average molecular weight is 442 g/mol. The smallest absolute Gasteiger partial charge is 0.356 e. The maximum atomic E-state index is 12.7. The van der Waals surface area contributed by atoms with Gasteiger partial charge in [0.15, 0.2) is 5.96 Å². The second-order valence-corrected chi connectivity index (χ2v) is 10.3. The van der Waals surface area contributed by atoms with E-state index in [2.05, 4.69) is 34.4 Å². The molecule has 0 aliphatic carbocycles. The molecular weight excluding hydrogens is 407 g/mol. The van der Waals surface area contributed by atoms with Gasteiger partial charge < -0.3 is 15.5 Å². The number of alkyl halides is 3. The zero-order valence-corrected chi connectivity index (χ0v) is 18.3. The number of likely N-dealkylation sites (tertiary alicyclic amines) is 1. The molecule has 0 aromatic heterocycles. The fraction of sp³-hybridized carbons (Fsp3) is 0.944. The summed E-state index contributed by atoms with van der Waals surface area (Å²) in [6.45, 7) is 8.02. The summed E-state index contributed by atoms with van der Waals surface area (Å²) in [7, 11) is -3.52. The number of nitrogens with one attached hydrogen (secondary N) is 2. The molecule has 11 heteroatoms. The zero-order valence-electron chi connectivity index (χ0n) is 17.5. The number of rotatable bonds is 6. The predicted molar refractivity (Wildman–Crippen MR) is 108 cm³/mol. The second-order valence-electron chi connectivity index (χ2n) is 8.36. The Bertz CT molecular complexity index is 638. The normalized spacial score (nSPS) is 22.2. The largest absolute Gasteiger partial charge is 0.511 e. The van der Waals surface area contributed by atoms with Crippen molar-refractivity contribution in [1.29, 1.82) is 0 Å². The number of hydrogen-bond donors (Lipinski definition) is 2. The van der Waals surface area contributed by atoms with Crippen LogP contribution in [-0.4, -0.2) is 81.4 Å². The van der Waals surface area contributed by atoms with Crippen LogP contribution in [-0.2, 0) is 10.0 Å². The van der Waals surface area contributed by atoms with E-state index >= 15 is 0 Å². The van der Waals surface area contributed by atoms with E-state index < -0.39 is 15.5 Å². The van der Waals surface area contributed by atoms with Gasteiger partial charge in [0.2, 0.25) is 0 Å². The van der Waals surface area contributed by atoms with Crippen LogP contribution in [0.4, 0.5) is 13.2 Å². The lowest BCUT2D eigenvalue weighted by Gasteiger charge is -2.34. The van der Waals surface area contributed by atoms with Gasteiger partial charge in [-0.15, -0.1) is 0 Å². The predicted octanol–water partition coefficient (Wildman–Crippen LogP) is 1.83. The lowest BCUT2D eigenvalue weighted by Crippen LogP contribution is -2.50. The molecule has 2 N–H and O–H groups in total.